The molecule has 38 nitrogen and oxygen atoms in total. The van der Waals surface area contributed by atoms with E-state index in [0.717, 1.165) is 212 Å². The Kier molecular flexibility index (Phi) is 27.2. The van der Waals surface area contributed by atoms with Gasteiger partial charge in [0, 0.05) is 324 Å². The summed E-state index contributed by atoms with van der Waals surface area (Å²) in [7, 11) is 17.2. The van der Waals surface area contributed by atoms with Crippen molar-refractivity contribution in [2.45, 2.75) is 138 Å². The number of carbonyl (C=O) groups excluding carboxylic acids is 6. The first-order valence-electron chi connectivity index (χ1n) is 44.7. The van der Waals surface area contributed by atoms with Crippen molar-refractivity contribution in [1.29, 1.82) is 0 Å². The first-order valence-corrected chi connectivity index (χ1v) is 45.1. The molecule has 1 saturated carbocycles. The molecule has 20 rings (SSSR count). The molecule has 6 aliphatic rings. The van der Waals surface area contributed by atoms with Crippen molar-refractivity contribution in [3.8, 4) is 44.5 Å². The van der Waals surface area contributed by atoms with Gasteiger partial charge in [0.25, 0.3) is 5.91 Å². The number of nitrogens with zero attached hydrogens (tertiary/aromatic N) is 26. The third kappa shape index (κ3) is 21.4. The van der Waals surface area contributed by atoms with Crippen molar-refractivity contribution in [1.82, 2.24) is 133 Å². The van der Waals surface area contributed by atoms with E-state index in [0.29, 0.717) is 55.0 Å². The standard InChI is InChI=1S/C22H29N5O2.C19H21ClN6O.3C18H21N7O/c1-13(2)23-22(29)17-9-16(15-5-6-15)10-18(11-17)24-21-19-12-27(14(3)28)8-7-20(19)26(4)25-21;1-12(27)26-5-4-18-17(11-26)19(23-25(18)3)22-16-7-13(6-15(20)8-16)14-9-21-24(2)10-14;1-12(26)25-7-5-16-15(11-25)18(22-24(16)3)21-17-8-13(4-6-19-17)14-9-20-23(2)10-14;1-12(26)25-5-4-17-16(11-25)18(22-24(17)3)21-15-6-13(7-19-9-15)14-8-20-23(2)10-14;1-12(26)25-7-6-16-15(11-25)18(22-24(16)3)21-17-5-4-13(8-19-17)14-9-20-23(2)10-14/h9-11,13,15H,5-8,12H2,1-4H3,(H,23,29)(H,24,25);6-10H,4-5,11H2,1-3H3,(H,22,23);4,6,8-10H,5,7,11H2,1-3H3,(H,19,21,22);6-10H,4-5,11H2,1-3H3,(H,21,22);4-5,8-10H,6-7,11H2,1-3H3,(H,19,21,22). The molecule has 2 aromatic carbocycles. The topological polar surface area (TPSA) is 390 Å². The van der Waals surface area contributed by atoms with Crippen molar-refractivity contribution < 1.29 is 28.8 Å². The lowest BCUT2D eigenvalue weighted by Gasteiger charge is -2.26. The largest absolute Gasteiger partial charge is 0.350 e. The second kappa shape index (κ2) is 39.5. The lowest BCUT2D eigenvalue weighted by atomic mass is 10.0. The van der Waals surface area contributed by atoms with E-state index in [9.17, 15) is 28.8 Å². The van der Waals surface area contributed by atoms with E-state index in [1.807, 2.05) is 248 Å². The molecular weight excluding hydrogens is 1720 g/mol. The Morgan fingerprint density at radius 3 is 1.11 bits per heavy atom. The van der Waals surface area contributed by atoms with Gasteiger partial charge in [-0.25, -0.2) is 9.97 Å². The van der Waals surface area contributed by atoms with E-state index in [1.54, 1.807) is 65.7 Å². The average Bonchev–Trinajstić information content (AvgIpc) is 1.51. The summed E-state index contributed by atoms with van der Waals surface area (Å²) < 4.78 is 16.5. The summed E-state index contributed by atoms with van der Waals surface area (Å²) in [6.45, 7) is 18.5. The molecule has 6 amide bonds. The Morgan fingerprint density at radius 1 is 0.358 bits per heavy atom. The van der Waals surface area contributed by atoms with Crippen molar-refractivity contribution in [2.24, 2.45) is 63.4 Å². The number of aromatic nitrogens is 21. The van der Waals surface area contributed by atoms with Gasteiger partial charge < -0.3 is 56.4 Å². The molecule has 696 valence electrons. The molecule has 39 heteroatoms. The summed E-state index contributed by atoms with van der Waals surface area (Å²) in [6, 6.07) is 21.8. The number of nitrogens with one attached hydrogen (secondary N) is 6. The van der Waals surface area contributed by atoms with E-state index < -0.39 is 0 Å². The van der Waals surface area contributed by atoms with Crippen LogP contribution in [0.5, 0.6) is 0 Å². The quantitative estimate of drug-likeness (QED) is 0.0493. The lowest BCUT2D eigenvalue weighted by molar-refractivity contribution is -0.130. The second-order valence-electron chi connectivity index (χ2n) is 35.0. The third-order valence-corrected chi connectivity index (χ3v) is 24.9. The van der Waals surface area contributed by atoms with Gasteiger partial charge in [-0.2, -0.15) is 45.9 Å². The molecular formula is C95H113ClN32O6. The molecule has 17 heterocycles. The Bertz CT molecular complexity index is 6570. The van der Waals surface area contributed by atoms with Crippen molar-refractivity contribution in [3.63, 3.8) is 0 Å². The van der Waals surface area contributed by atoms with Crippen molar-refractivity contribution >= 4 is 105 Å². The number of fused-ring (bicyclic) bond motifs is 5. The van der Waals surface area contributed by atoms with E-state index in [1.165, 1.54) is 24.1 Å². The number of halogens is 1. The van der Waals surface area contributed by atoms with Crippen LogP contribution >= 0.6 is 11.6 Å². The van der Waals surface area contributed by atoms with Crippen molar-refractivity contribution in [2.75, 3.05) is 59.3 Å². The molecule has 14 aromatic rings. The number of anilines is 10. The van der Waals surface area contributed by atoms with Crippen LogP contribution in [0.4, 0.5) is 57.8 Å². The normalized spacial score (nSPS) is 14.1. The van der Waals surface area contributed by atoms with Crippen LogP contribution in [0.1, 0.15) is 139 Å². The van der Waals surface area contributed by atoms with Gasteiger partial charge in [-0.05, 0) is 116 Å². The van der Waals surface area contributed by atoms with Gasteiger partial charge in [-0.15, -0.1) is 0 Å². The highest BCUT2D eigenvalue weighted by Crippen LogP contribution is 2.43. The summed E-state index contributed by atoms with van der Waals surface area (Å²) in [5, 5.41) is 60.3. The van der Waals surface area contributed by atoms with Gasteiger partial charge in [0.05, 0.1) is 69.4 Å². The van der Waals surface area contributed by atoms with E-state index in [-0.39, 0.29) is 41.5 Å². The van der Waals surface area contributed by atoms with Gasteiger partial charge in [-0.3, -0.25) is 75.9 Å². The average molecular weight is 1830 g/mol. The molecule has 0 spiro atoms. The molecule has 0 atom stereocenters. The lowest BCUT2D eigenvalue weighted by Crippen LogP contribution is -2.34. The smallest absolute Gasteiger partial charge is 0.251 e. The van der Waals surface area contributed by atoms with Crippen LogP contribution in [0.15, 0.2) is 141 Å². The number of carbonyl (C=O) groups is 6. The summed E-state index contributed by atoms with van der Waals surface area (Å²) in [6.07, 6.45) is 28.6. The highest BCUT2D eigenvalue weighted by atomic mass is 35.5. The summed E-state index contributed by atoms with van der Waals surface area (Å²) in [4.78, 5) is 93.9. The van der Waals surface area contributed by atoms with E-state index >= 15 is 0 Å². The van der Waals surface area contributed by atoms with E-state index in [4.69, 9.17) is 11.6 Å². The Balaban J connectivity index is 0.000000122. The SMILES string of the molecule is CC(=O)N1CCc2c(c(Nc3cc(-c4cnn(C)c4)ccn3)nn2C)C1.CC(=O)N1CCc2c(c(Nc3cc(C(=O)NC(C)C)cc(C4CC4)c3)nn2C)C1.CC(=O)N1CCc2c(c(Nc3cc(Cl)cc(-c4cnn(C)c4)c3)nn2C)C1.CC(=O)N1CCc2c(c(Nc3ccc(-c4cnn(C)c4)cn3)nn2C)C1.CC(=O)N1CCc2c(c(Nc3cncc(-c4cnn(C)c4)c3)nn2C)C1. The van der Waals surface area contributed by atoms with Crippen molar-refractivity contribution in [3.05, 3.63) is 214 Å². The fourth-order valence-electron chi connectivity index (χ4n) is 17.4. The number of hydrogen-bond donors (Lipinski definition) is 6. The first-order chi connectivity index (χ1) is 64.2. The molecule has 5 aliphatic heterocycles. The van der Waals surface area contributed by atoms with Crippen LogP contribution in [0.3, 0.4) is 0 Å². The zero-order chi connectivity index (χ0) is 94.6. The van der Waals surface area contributed by atoms with Gasteiger partial charge in [-0.1, -0.05) is 11.6 Å². The summed E-state index contributed by atoms with van der Waals surface area (Å²) in [5.74, 6) is 6.14. The minimum Gasteiger partial charge on any atom is -0.350 e. The fourth-order valence-corrected chi connectivity index (χ4v) is 17.6. The molecule has 12 aromatic heterocycles. The number of amides is 6. The molecule has 0 unspecified atom stereocenters. The molecule has 0 bridgehead atoms. The number of aryl methyl sites for hydroxylation is 9. The number of pyridine rings is 3. The predicted molar refractivity (Wildman–Crippen MR) is 510 cm³/mol. The predicted octanol–water partition coefficient (Wildman–Crippen LogP) is 11.8. The van der Waals surface area contributed by atoms with Gasteiger partial charge in [0.2, 0.25) is 29.5 Å². The van der Waals surface area contributed by atoms with Crippen LogP contribution < -0.4 is 31.9 Å². The third-order valence-electron chi connectivity index (χ3n) is 24.7. The van der Waals surface area contributed by atoms with Gasteiger partial charge in [0.1, 0.15) is 11.6 Å². The summed E-state index contributed by atoms with van der Waals surface area (Å²) in [5.41, 5.74) is 23.6. The minimum atomic E-state index is -0.0589. The maximum Gasteiger partial charge on any atom is 0.251 e. The van der Waals surface area contributed by atoms with Crippen LogP contribution in [-0.2, 0) is 152 Å². The molecule has 6 N–H and O–H groups in total. The molecule has 0 saturated heterocycles. The first kappa shape index (κ1) is 92.2. The Hall–Kier alpha value is -15.1. The zero-order valence-corrected chi connectivity index (χ0v) is 79.2. The van der Waals surface area contributed by atoms with Gasteiger partial charge in [0.15, 0.2) is 29.1 Å². The second-order valence-corrected chi connectivity index (χ2v) is 35.4. The number of rotatable bonds is 17. The van der Waals surface area contributed by atoms with Crippen LogP contribution in [-0.4, -0.2) is 202 Å². The Morgan fingerprint density at radius 2 is 0.731 bits per heavy atom. The molecule has 1 aliphatic carbocycles. The molecule has 134 heavy (non-hydrogen) atoms. The monoisotopic (exact) mass is 1830 g/mol. The minimum absolute atomic E-state index is 0.0589. The summed E-state index contributed by atoms with van der Waals surface area (Å²) >= 11 is 6.34. The van der Waals surface area contributed by atoms with Crippen LogP contribution in [0.2, 0.25) is 5.02 Å². The Labute approximate surface area is 781 Å². The number of hydrogen-bond acceptors (Lipinski definition) is 23. The highest BCUT2D eigenvalue weighted by Gasteiger charge is 2.33. The maximum absolute atomic E-state index is 12.6. The van der Waals surface area contributed by atoms with Crippen LogP contribution in [0.25, 0.3) is 44.5 Å². The molecule has 1 fully saturated rings. The zero-order valence-electron chi connectivity index (χ0n) is 78.4. The maximum atomic E-state index is 12.6. The van der Waals surface area contributed by atoms with E-state index in [2.05, 4.69) is 98.8 Å². The van der Waals surface area contributed by atoms with Gasteiger partial charge >= 0.3 is 0 Å². The van der Waals surface area contributed by atoms with Crippen LogP contribution in [0, 0.1) is 0 Å². The fraction of sp³-hybridized carbons (Fsp3) is 0.368. The number of benzene rings is 2. The highest BCUT2D eigenvalue weighted by molar-refractivity contribution is 6.31. The molecule has 0 radical (unpaired) electrons.